The fraction of sp³-hybridized carbons (Fsp3) is 0.258. The fourth-order valence-corrected chi connectivity index (χ4v) is 5.87. The van der Waals surface area contributed by atoms with Crippen LogP contribution in [-0.4, -0.2) is 32.9 Å². The number of rotatable bonds is 7. The van der Waals surface area contributed by atoms with Crippen molar-refractivity contribution in [2.24, 2.45) is 4.99 Å². The molecule has 2 aliphatic rings. The first-order valence-corrected chi connectivity index (χ1v) is 14.3. The van der Waals surface area contributed by atoms with E-state index in [-0.39, 0.29) is 22.4 Å². The van der Waals surface area contributed by atoms with Gasteiger partial charge in [0.05, 0.1) is 12.0 Å². The Balaban J connectivity index is 1.37. The van der Waals surface area contributed by atoms with Crippen molar-refractivity contribution in [2.45, 2.75) is 50.6 Å². The highest BCUT2D eigenvalue weighted by Gasteiger charge is 2.50. The number of hydrogen-bond acceptors (Lipinski definition) is 7. The number of nitrogens with zero attached hydrogens (tertiary/aromatic N) is 4. The first-order valence-electron chi connectivity index (χ1n) is 13.4. The second kappa shape index (κ2) is 10.9. The van der Waals surface area contributed by atoms with Gasteiger partial charge in [-0.1, -0.05) is 24.0 Å². The number of hydrogen-bond donors (Lipinski definition) is 2. The highest BCUT2D eigenvalue weighted by molar-refractivity contribution is 7.13. The zero-order valence-corrected chi connectivity index (χ0v) is 23.4. The van der Waals surface area contributed by atoms with Crippen molar-refractivity contribution in [1.82, 2.24) is 14.5 Å². The third-order valence-corrected chi connectivity index (χ3v) is 8.61. The molecule has 1 spiro atoms. The van der Waals surface area contributed by atoms with E-state index in [2.05, 4.69) is 36.7 Å². The Hall–Kier alpha value is -4.69. The lowest BCUT2D eigenvalue weighted by Gasteiger charge is -2.15. The third-order valence-electron chi connectivity index (χ3n) is 7.92. The molecule has 0 bridgehead atoms. The number of carbonyl (C=O) groups is 2. The Morgan fingerprint density at radius 1 is 1.21 bits per heavy atom. The van der Waals surface area contributed by atoms with Gasteiger partial charge in [-0.2, -0.15) is 0 Å². The minimum atomic E-state index is -2.86. The lowest BCUT2D eigenvalue weighted by atomic mass is 9.96. The number of nitrogens with one attached hydrogen (secondary N) is 1. The van der Waals surface area contributed by atoms with Gasteiger partial charge in [0.15, 0.2) is 11.2 Å². The van der Waals surface area contributed by atoms with Gasteiger partial charge < -0.3 is 10.3 Å². The largest absolute Gasteiger partial charge is 0.398 e. The number of imidazole rings is 1. The van der Waals surface area contributed by atoms with Gasteiger partial charge in [0.2, 0.25) is 0 Å². The van der Waals surface area contributed by atoms with E-state index >= 15 is 0 Å². The molecule has 0 saturated heterocycles. The first kappa shape index (κ1) is 27.5. The molecule has 1 saturated carbocycles. The number of carbonyl (C=O) groups excluding carboxylic acids is 2. The first-order chi connectivity index (χ1) is 20.3. The van der Waals surface area contributed by atoms with Crippen LogP contribution in [0.5, 0.6) is 0 Å². The van der Waals surface area contributed by atoms with E-state index in [9.17, 15) is 18.4 Å². The number of anilines is 2. The quantitative estimate of drug-likeness (QED) is 0.127. The van der Waals surface area contributed by atoms with Gasteiger partial charge in [-0.15, -0.1) is 11.3 Å². The average molecular weight is 585 g/mol. The maximum absolute atomic E-state index is 14.3. The summed E-state index contributed by atoms with van der Waals surface area (Å²) in [4.78, 5) is 37.6. The van der Waals surface area contributed by atoms with Crippen LogP contribution in [-0.2, 0) is 16.8 Å². The van der Waals surface area contributed by atoms with E-state index in [1.54, 1.807) is 49.1 Å². The number of aldehydes is 1. The third kappa shape index (κ3) is 5.10. The Morgan fingerprint density at radius 3 is 2.67 bits per heavy atom. The molecule has 1 fully saturated rings. The number of thiazole rings is 1. The zero-order chi connectivity index (χ0) is 29.4. The minimum absolute atomic E-state index is 0.0324. The van der Waals surface area contributed by atoms with Crippen molar-refractivity contribution in [2.75, 3.05) is 11.1 Å². The number of benzene rings is 2. The Bertz CT molecular complexity index is 1760. The number of alkyl halides is 2. The van der Waals surface area contributed by atoms with Gasteiger partial charge in [0.25, 0.3) is 12.3 Å². The molecule has 4 aromatic rings. The fourth-order valence-electron chi connectivity index (χ4n) is 5.33. The van der Waals surface area contributed by atoms with Gasteiger partial charge in [0, 0.05) is 62.5 Å². The second-order valence-electron chi connectivity index (χ2n) is 10.4. The summed E-state index contributed by atoms with van der Waals surface area (Å²) < 4.78 is 30.8. The molecule has 3 N–H and O–H groups in total. The molecule has 1 atom stereocenters. The second-order valence-corrected chi connectivity index (χ2v) is 11.3. The van der Waals surface area contributed by atoms with Crippen LogP contribution in [0.3, 0.4) is 0 Å². The zero-order valence-electron chi connectivity index (χ0n) is 22.6. The van der Waals surface area contributed by atoms with Crippen molar-refractivity contribution in [3.05, 3.63) is 93.0 Å². The normalized spacial score (nSPS) is 15.4. The van der Waals surface area contributed by atoms with Crippen molar-refractivity contribution >= 4 is 40.6 Å². The smallest absolute Gasteiger partial charge is 0.264 e. The molecule has 2 aromatic carbocycles. The van der Waals surface area contributed by atoms with E-state index in [1.807, 2.05) is 0 Å². The van der Waals surface area contributed by atoms with Crippen LogP contribution in [0.15, 0.2) is 53.2 Å². The topological polar surface area (TPSA) is 115 Å². The number of fused-ring (bicyclic) bond motifs is 2. The molecule has 0 radical (unpaired) electrons. The number of aliphatic imine (C=N–C) groups is 1. The number of aromatic nitrogens is 3. The lowest BCUT2D eigenvalue weighted by molar-refractivity contribution is -0.117. The van der Waals surface area contributed by atoms with Crippen LogP contribution in [0.4, 0.5) is 19.6 Å². The summed E-state index contributed by atoms with van der Waals surface area (Å²) >= 11 is 1.26. The highest BCUT2D eigenvalue weighted by Crippen LogP contribution is 2.52. The van der Waals surface area contributed by atoms with Gasteiger partial charge in [-0.05, 0) is 56.4 Å². The molecule has 42 heavy (non-hydrogen) atoms. The van der Waals surface area contributed by atoms with Gasteiger partial charge >= 0.3 is 0 Å². The molecule has 8 nitrogen and oxygen atoms in total. The summed E-state index contributed by atoms with van der Waals surface area (Å²) in [7, 11) is 0. The maximum Gasteiger partial charge on any atom is 0.264 e. The number of nitrogens with two attached hydrogens (primary N) is 1. The van der Waals surface area contributed by atoms with E-state index in [4.69, 9.17) is 5.73 Å². The molecule has 6 rings (SSSR count). The molecule has 1 amide bonds. The van der Waals surface area contributed by atoms with Crippen LogP contribution < -0.4 is 11.1 Å². The van der Waals surface area contributed by atoms with Crippen LogP contribution in [0.25, 0.3) is 0 Å². The van der Waals surface area contributed by atoms with Gasteiger partial charge in [-0.3, -0.25) is 19.9 Å². The molecule has 3 heterocycles. The molecule has 2 aromatic heterocycles. The minimum Gasteiger partial charge on any atom is -0.398 e. The molecule has 1 aliphatic heterocycles. The van der Waals surface area contributed by atoms with E-state index < -0.39 is 18.4 Å². The Labute approximate surface area is 244 Å². The van der Waals surface area contributed by atoms with Crippen molar-refractivity contribution in [3.8, 4) is 11.8 Å². The molecular weight excluding hydrogens is 558 g/mol. The van der Waals surface area contributed by atoms with Crippen molar-refractivity contribution in [3.63, 3.8) is 0 Å². The summed E-state index contributed by atoms with van der Waals surface area (Å²) in [6.07, 6.45) is 6.33. The monoisotopic (exact) mass is 584 g/mol. The summed E-state index contributed by atoms with van der Waals surface area (Å²) in [5.41, 5.74) is 9.70. The van der Waals surface area contributed by atoms with E-state index in [0.29, 0.717) is 33.1 Å². The van der Waals surface area contributed by atoms with E-state index in [1.165, 1.54) is 23.6 Å². The molecule has 212 valence electrons. The molecular formula is C31H26F2N6O2S. The summed E-state index contributed by atoms with van der Waals surface area (Å²) in [5.74, 6) is 5.40. The highest BCUT2D eigenvalue weighted by atomic mass is 32.1. The Kier molecular flexibility index (Phi) is 7.16. The predicted molar refractivity (Wildman–Crippen MR) is 157 cm³/mol. The van der Waals surface area contributed by atoms with Crippen LogP contribution in [0, 0.1) is 18.8 Å². The molecule has 1 aliphatic carbocycles. The van der Waals surface area contributed by atoms with Gasteiger partial charge in [0.1, 0.15) is 6.29 Å². The van der Waals surface area contributed by atoms with Crippen LogP contribution >= 0.6 is 11.3 Å². The van der Waals surface area contributed by atoms with Crippen LogP contribution in [0.2, 0.25) is 0 Å². The average Bonchev–Trinajstić information content (AvgIpc) is 3.27. The number of halogens is 2. The summed E-state index contributed by atoms with van der Waals surface area (Å²) in [6.45, 7) is 1.70. The lowest BCUT2D eigenvalue weighted by Crippen LogP contribution is -2.21. The molecule has 1 unspecified atom stereocenters. The SMILES string of the molecule is Cc1c(C#Cc2ccc(C=O)cc2)cc(C(F)F)c(C=NC(C(=O)Nc2nccs2)c2ncn3c2CCC32CC2)c1N. The summed E-state index contributed by atoms with van der Waals surface area (Å²) in [6, 6.07) is 6.84. The van der Waals surface area contributed by atoms with E-state index in [0.717, 1.165) is 37.7 Å². The van der Waals surface area contributed by atoms with Crippen LogP contribution in [0.1, 0.15) is 81.3 Å². The number of amides is 1. The Morgan fingerprint density at radius 2 is 2.00 bits per heavy atom. The number of nitrogen functional groups attached to an aromatic ring is 1. The molecule has 11 heteroatoms. The maximum atomic E-state index is 14.3. The van der Waals surface area contributed by atoms with Crippen molar-refractivity contribution in [1.29, 1.82) is 0 Å². The van der Waals surface area contributed by atoms with Gasteiger partial charge in [-0.25, -0.2) is 18.7 Å². The predicted octanol–water partition coefficient (Wildman–Crippen LogP) is 5.61. The summed E-state index contributed by atoms with van der Waals surface area (Å²) in [5, 5.41) is 4.92. The standard InChI is InChI=1S/C31H26F2N6O2S/c1-18-21(7-6-19-2-4-20(16-40)5-3-19)14-22(28(32)33)23(25(18)34)15-36-27(29(41)38-30-35-12-13-42-30)26-24-8-9-31(10-11-31)39(24)17-37-26/h2-5,12-17,27-28H,8-11,34H2,1H3,(H,35,38,41). The van der Waals surface area contributed by atoms with Crippen molar-refractivity contribution < 1.29 is 18.4 Å².